The van der Waals surface area contributed by atoms with Gasteiger partial charge in [-0.1, -0.05) is 44.2 Å². The minimum Gasteiger partial charge on any atom is -0.483 e. The van der Waals surface area contributed by atoms with Crippen LogP contribution in [0.3, 0.4) is 0 Å². The van der Waals surface area contributed by atoms with Crippen LogP contribution in [0.4, 0.5) is 0 Å². The number of ether oxygens (including phenoxy) is 2. The molecular weight excluding hydrogens is 416 g/mol. The first kappa shape index (κ1) is 23.7. The van der Waals surface area contributed by atoms with E-state index in [4.69, 9.17) is 9.47 Å². The van der Waals surface area contributed by atoms with Crippen LogP contribution in [0.15, 0.2) is 71.8 Å². The highest BCUT2D eigenvalue weighted by Crippen LogP contribution is 2.24. The van der Waals surface area contributed by atoms with Gasteiger partial charge in [0.25, 0.3) is 5.91 Å². The molecule has 0 saturated carbocycles. The fraction of sp³-hybridized carbons (Fsp3) is 0.222. The maximum absolute atomic E-state index is 12.3. The van der Waals surface area contributed by atoms with Gasteiger partial charge in [0.2, 0.25) is 0 Å². The van der Waals surface area contributed by atoms with Gasteiger partial charge >= 0.3 is 5.97 Å². The van der Waals surface area contributed by atoms with Gasteiger partial charge in [-0.3, -0.25) is 4.79 Å². The number of nitrogens with zero attached hydrogens (tertiary/aromatic N) is 1. The number of aryl methyl sites for hydroxylation is 2. The lowest BCUT2D eigenvalue weighted by Gasteiger charge is -2.12. The molecule has 3 aromatic carbocycles. The number of hydrogen-bond acceptors (Lipinski definition) is 5. The molecule has 1 N–H and O–H groups in total. The van der Waals surface area contributed by atoms with Crippen molar-refractivity contribution in [3.63, 3.8) is 0 Å². The van der Waals surface area contributed by atoms with Crippen molar-refractivity contribution in [3.05, 3.63) is 94.5 Å². The number of carbonyl (C=O) groups is 2. The van der Waals surface area contributed by atoms with Gasteiger partial charge in [-0.05, 0) is 78.4 Å². The zero-order valence-electron chi connectivity index (χ0n) is 19.3. The van der Waals surface area contributed by atoms with E-state index in [0.717, 1.165) is 22.3 Å². The van der Waals surface area contributed by atoms with E-state index in [-0.39, 0.29) is 12.5 Å². The van der Waals surface area contributed by atoms with Gasteiger partial charge in [-0.15, -0.1) is 0 Å². The van der Waals surface area contributed by atoms with Crippen molar-refractivity contribution in [2.75, 3.05) is 6.61 Å². The molecule has 0 radical (unpaired) electrons. The minimum atomic E-state index is -0.407. The lowest BCUT2D eigenvalue weighted by Crippen LogP contribution is -2.24. The Labute approximate surface area is 194 Å². The molecule has 0 aromatic heterocycles. The first-order chi connectivity index (χ1) is 15.8. The van der Waals surface area contributed by atoms with Crippen molar-refractivity contribution in [3.8, 4) is 11.5 Å². The molecule has 0 spiro atoms. The van der Waals surface area contributed by atoms with E-state index in [0.29, 0.717) is 23.0 Å². The highest BCUT2D eigenvalue weighted by Gasteiger charge is 2.11. The predicted molar refractivity (Wildman–Crippen MR) is 129 cm³/mol. The number of esters is 1. The fourth-order valence-electron chi connectivity index (χ4n) is 3.07. The molecule has 0 bridgehead atoms. The van der Waals surface area contributed by atoms with E-state index < -0.39 is 5.97 Å². The summed E-state index contributed by atoms with van der Waals surface area (Å²) in [6.07, 6.45) is 1.51. The Morgan fingerprint density at radius 1 is 0.970 bits per heavy atom. The summed E-state index contributed by atoms with van der Waals surface area (Å²) >= 11 is 0. The Bertz CT molecular complexity index is 1150. The number of carbonyl (C=O) groups excluding carboxylic acids is 2. The van der Waals surface area contributed by atoms with Gasteiger partial charge in [0.1, 0.15) is 11.5 Å². The molecule has 0 fully saturated rings. The molecule has 0 unspecified atom stereocenters. The van der Waals surface area contributed by atoms with Crippen LogP contribution in [0.5, 0.6) is 11.5 Å². The molecule has 1 amide bonds. The highest BCUT2D eigenvalue weighted by atomic mass is 16.5. The van der Waals surface area contributed by atoms with Crippen molar-refractivity contribution >= 4 is 18.1 Å². The highest BCUT2D eigenvalue weighted by molar-refractivity contribution is 5.92. The summed E-state index contributed by atoms with van der Waals surface area (Å²) in [7, 11) is 0. The molecule has 0 heterocycles. The molecule has 0 aliphatic carbocycles. The number of hydrogen-bond donors (Lipinski definition) is 1. The smallest absolute Gasteiger partial charge is 0.343 e. The van der Waals surface area contributed by atoms with Gasteiger partial charge in [0, 0.05) is 0 Å². The van der Waals surface area contributed by atoms with Crippen LogP contribution in [0.1, 0.15) is 52.4 Å². The Hall–Kier alpha value is -3.93. The molecule has 3 aromatic rings. The van der Waals surface area contributed by atoms with E-state index in [1.54, 1.807) is 36.4 Å². The van der Waals surface area contributed by atoms with E-state index >= 15 is 0 Å². The third-order valence-electron chi connectivity index (χ3n) is 5.10. The number of benzene rings is 3. The Morgan fingerprint density at radius 2 is 1.70 bits per heavy atom. The molecule has 0 aliphatic rings. The van der Waals surface area contributed by atoms with Crippen LogP contribution in [-0.4, -0.2) is 24.7 Å². The summed E-state index contributed by atoms with van der Waals surface area (Å²) in [4.78, 5) is 24.4. The number of nitrogens with one attached hydrogen (secondary N) is 1. The van der Waals surface area contributed by atoms with E-state index in [9.17, 15) is 9.59 Å². The molecule has 0 aliphatic heterocycles. The number of hydrazone groups is 1. The Morgan fingerprint density at radius 3 is 2.39 bits per heavy atom. The van der Waals surface area contributed by atoms with Gasteiger partial charge in [-0.2, -0.15) is 5.10 Å². The van der Waals surface area contributed by atoms with Gasteiger partial charge in [-0.25, -0.2) is 10.2 Å². The second-order valence-corrected chi connectivity index (χ2v) is 8.03. The summed E-state index contributed by atoms with van der Waals surface area (Å²) in [5, 5.41) is 3.96. The molecule has 0 atom stereocenters. The monoisotopic (exact) mass is 444 g/mol. The first-order valence-corrected chi connectivity index (χ1v) is 10.8. The van der Waals surface area contributed by atoms with Crippen molar-refractivity contribution < 1.29 is 19.1 Å². The predicted octanol–water partition coefficient (Wildman–Crippen LogP) is 5.18. The van der Waals surface area contributed by atoms with Crippen LogP contribution in [0, 0.1) is 13.8 Å². The molecule has 170 valence electrons. The largest absolute Gasteiger partial charge is 0.483 e. The van der Waals surface area contributed by atoms with Gasteiger partial charge in [0.05, 0.1) is 11.8 Å². The summed E-state index contributed by atoms with van der Waals surface area (Å²) in [6.45, 7) is 7.89. The minimum absolute atomic E-state index is 0.131. The Balaban J connectivity index is 1.49. The van der Waals surface area contributed by atoms with Gasteiger partial charge in [0.15, 0.2) is 6.61 Å². The molecule has 6 heteroatoms. The summed E-state index contributed by atoms with van der Waals surface area (Å²) in [5.74, 6) is 0.733. The molecular formula is C27H28N2O4. The lowest BCUT2D eigenvalue weighted by atomic mass is 10.0. The van der Waals surface area contributed by atoms with E-state index in [1.807, 2.05) is 38.1 Å². The van der Waals surface area contributed by atoms with Crippen LogP contribution in [-0.2, 0) is 4.79 Å². The normalized spacial score (nSPS) is 10.9. The molecule has 0 saturated heterocycles. The van der Waals surface area contributed by atoms with E-state index in [1.165, 1.54) is 6.21 Å². The Kier molecular flexibility index (Phi) is 7.97. The van der Waals surface area contributed by atoms with Crippen LogP contribution in [0.25, 0.3) is 0 Å². The SMILES string of the molecule is Cc1ccc(C(C)C)cc1OCC(=O)N/N=C/c1ccc(OC(=O)c2ccccc2C)cc1. The summed E-state index contributed by atoms with van der Waals surface area (Å²) in [5.41, 5.74) is 6.70. The number of rotatable bonds is 8. The summed E-state index contributed by atoms with van der Waals surface area (Å²) < 4.78 is 11.1. The zero-order valence-corrected chi connectivity index (χ0v) is 19.3. The second kappa shape index (κ2) is 11.1. The second-order valence-electron chi connectivity index (χ2n) is 8.03. The molecule has 6 nitrogen and oxygen atoms in total. The van der Waals surface area contributed by atoms with Crippen LogP contribution >= 0.6 is 0 Å². The van der Waals surface area contributed by atoms with E-state index in [2.05, 4.69) is 30.4 Å². The zero-order chi connectivity index (χ0) is 23.8. The van der Waals surface area contributed by atoms with Crippen molar-refractivity contribution in [1.29, 1.82) is 0 Å². The standard InChI is InChI=1S/C27H28N2O4/c1-18(2)22-12-9-20(4)25(15-22)32-17-26(30)29-28-16-21-10-13-23(14-11-21)33-27(31)24-8-6-5-7-19(24)3/h5-16,18H,17H2,1-4H3,(H,29,30)/b28-16+. The van der Waals surface area contributed by atoms with Crippen LogP contribution in [0.2, 0.25) is 0 Å². The quantitative estimate of drug-likeness (QED) is 0.225. The van der Waals surface area contributed by atoms with Crippen LogP contribution < -0.4 is 14.9 Å². The average molecular weight is 445 g/mol. The third kappa shape index (κ3) is 6.77. The van der Waals surface area contributed by atoms with Crippen molar-refractivity contribution in [1.82, 2.24) is 5.43 Å². The lowest BCUT2D eigenvalue weighted by molar-refractivity contribution is -0.123. The molecule has 3 rings (SSSR count). The van der Waals surface area contributed by atoms with Crippen molar-refractivity contribution in [2.24, 2.45) is 5.10 Å². The molecule has 33 heavy (non-hydrogen) atoms. The third-order valence-corrected chi connectivity index (χ3v) is 5.10. The fourth-order valence-corrected chi connectivity index (χ4v) is 3.07. The first-order valence-electron chi connectivity index (χ1n) is 10.8. The maximum atomic E-state index is 12.3. The number of amides is 1. The summed E-state index contributed by atoms with van der Waals surface area (Å²) in [6, 6.07) is 20.1. The van der Waals surface area contributed by atoms with Crippen molar-refractivity contribution in [2.45, 2.75) is 33.6 Å². The average Bonchev–Trinajstić information content (AvgIpc) is 2.79. The maximum Gasteiger partial charge on any atom is 0.343 e. The van der Waals surface area contributed by atoms with Gasteiger partial charge < -0.3 is 9.47 Å². The topological polar surface area (TPSA) is 77.0 Å².